The zero-order valence-electron chi connectivity index (χ0n) is 12.2. The van der Waals surface area contributed by atoms with Crippen LogP contribution in [-0.4, -0.2) is 15.5 Å². The number of halogens is 1. The van der Waals surface area contributed by atoms with Crippen LogP contribution < -0.4 is 5.73 Å². The van der Waals surface area contributed by atoms with Gasteiger partial charge in [0.2, 0.25) is 0 Å². The number of hydrogen-bond donors (Lipinski definition) is 2. The van der Waals surface area contributed by atoms with Gasteiger partial charge >= 0.3 is 0 Å². The highest BCUT2D eigenvalue weighted by atomic mass is 35.5. The minimum Gasteiger partial charge on any atom is -0.364 e. The Labute approximate surface area is 138 Å². The first kappa shape index (κ1) is 16.3. The van der Waals surface area contributed by atoms with E-state index in [9.17, 15) is 10.1 Å². The first-order chi connectivity index (χ1) is 10.4. The number of nitrogens with one attached hydrogen (secondary N) is 1. The third-order valence-electron chi connectivity index (χ3n) is 3.55. The van der Waals surface area contributed by atoms with Gasteiger partial charge < -0.3 is 15.3 Å². The Morgan fingerprint density at radius 2 is 2.27 bits per heavy atom. The van der Waals surface area contributed by atoms with Gasteiger partial charge in [-0.1, -0.05) is 30.7 Å². The second-order valence-corrected chi connectivity index (χ2v) is 5.73. The number of H-pyrrole nitrogens is 1. The van der Waals surface area contributed by atoms with Crippen LogP contribution in [0.25, 0.3) is 0 Å². The predicted octanol–water partition coefficient (Wildman–Crippen LogP) is 3.48. The van der Waals surface area contributed by atoms with E-state index < -0.39 is 5.91 Å². The number of hydrogen-bond acceptors (Lipinski definition) is 3. The van der Waals surface area contributed by atoms with E-state index in [1.165, 1.54) is 0 Å². The van der Waals surface area contributed by atoms with E-state index >= 15 is 0 Å². The lowest BCUT2D eigenvalue weighted by molar-refractivity contribution is 0.0995. The molecule has 2 aromatic rings. The predicted molar refractivity (Wildman–Crippen MR) is 87.5 cm³/mol. The number of aromatic nitrogens is 2. The topological polar surface area (TPSA) is 87.6 Å². The number of nitriles is 1. The molecule has 0 fully saturated rings. The molecule has 2 rings (SSSR count). The first-order valence-corrected chi connectivity index (χ1v) is 7.49. The van der Waals surface area contributed by atoms with Gasteiger partial charge in [0, 0.05) is 5.02 Å². The summed E-state index contributed by atoms with van der Waals surface area (Å²) >= 11 is 11.3. The number of aromatic amines is 1. The summed E-state index contributed by atoms with van der Waals surface area (Å²) in [5, 5.41) is 10.1. The minimum absolute atomic E-state index is 0.0386. The smallest absolute Gasteiger partial charge is 0.268 e. The zero-order chi connectivity index (χ0) is 16.4. The SMILES string of the molecule is CCC(c1ccc(Cl)c(C)c1)n1c(C#N)c(C(N)=O)[nH]c1=S. The summed E-state index contributed by atoms with van der Waals surface area (Å²) in [7, 11) is 0. The van der Waals surface area contributed by atoms with E-state index in [0.29, 0.717) is 16.2 Å². The van der Waals surface area contributed by atoms with Crippen molar-refractivity contribution in [2.75, 3.05) is 0 Å². The van der Waals surface area contributed by atoms with Gasteiger partial charge in [-0.2, -0.15) is 5.26 Å². The summed E-state index contributed by atoms with van der Waals surface area (Å²) in [6.07, 6.45) is 0.695. The van der Waals surface area contributed by atoms with Crippen molar-refractivity contribution in [1.29, 1.82) is 5.26 Å². The molecule has 0 saturated carbocycles. The molecular weight excluding hydrogens is 320 g/mol. The molecule has 0 bridgehead atoms. The molecule has 1 atom stereocenters. The number of carbonyl (C=O) groups is 1. The standard InChI is InChI=1S/C15H15ClN4OS/c1-3-11(9-4-5-10(16)8(2)6-9)20-12(7-17)13(14(18)21)19-15(20)22/h4-6,11H,3H2,1-2H3,(H2,18,21)(H,19,22). The molecule has 0 saturated heterocycles. The third-order valence-corrected chi connectivity index (χ3v) is 4.27. The van der Waals surface area contributed by atoms with Crippen molar-refractivity contribution in [3.05, 3.63) is 50.5 Å². The number of nitrogens with two attached hydrogens (primary N) is 1. The molecule has 0 spiro atoms. The van der Waals surface area contributed by atoms with Crippen LogP contribution in [-0.2, 0) is 0 Å². The molecule has 1 aromatic heterocycles. The quantitative estimate of drug-likeness (QED) is 0.839. The van der Waals surface area contributed by atoms with Crippen LogP contribution in [0, 0.1) is 23.0 Å². The molecule has 7 heteroatoms. The molecule has 0 aliphatic heterocycles. The highest BCUT2D eigenvalue weighted by Crippen LogP contribution is 2.28. The van der Waals surface area contributed by atoms with Gasteiger partial charge in [-0.15, -0.1) is 0 Å². The maximum Gasteiger partial charge on any atom is 0.268 e. The van der Waals surface area contributed by atoms with E-state index in [4.69, 9.17) is 29.6 Å². The van der Waals surface area contributed by atoms with Crippen molar-refractivity contribution in [2.24, 2.45) is 5.73 Å². The van der Waals surface area contributed by atoms with Gasteiger partial charge in [0.05, 0.1) is 6.04 Å². The van der Waals surface area contributed by atoms with Crippen molar-refractivity contribution in [1.82, 2.24) is 9.55 Å². The number of aryl methyl sites for hydroxylation is 1. The fourth-order valence-corrected chi connectivity index (χ4v) is 2.91. The van der Waals surface area contributed by atoms with Gasteiger partial charge in [-0.3, -0.25) is 4.79 Å². The summed E-state index contributed by atoms with van der Waals surface area (Å²) in [4.78, 5) is 14.2. The summed E-state index contributed by atoms with van der Waals surface area (Å²) in [5.41, 5.74) is 7.39. The average molecular weight is 335 g/mol. The number of primary amides is 1. The van der Waals surface area contributed by atoms with Crippen LogP contribution in [0.5, 0.6) is 0 Å². The number of benzene rings is 1. The molecule has 1 aromatic carbocycles. The van der Waals surface area contributed by atoms with Crippen LogP contribution in [0.1, 0.15) is 46.7 Å². The fourth-order valence-electron chi connectivity index (χ4n) is 2.48. The molecule has 22 heavy (non-hydrogen) atoms. The Bertz CT molecular complexity index is 831. The maximum absolute atomic E-state index is 11.5. The summed E-state index contributed by atoms with van der Waals surface area (Å²) in [6.45, 7) is 3.89. The van der Waals surface area contributed by atoms with Crippen LogP contribution >= 0.6 is 23.8 Å². The largest absolute Gasteiger partial charge is 0.364 e. The van der Waals surface area contributed by atoms with Crippen LogP contribution in [0.4, 0.5) is 0 Å². The van der Waals surface area contributed by atoms with Gasteiger partial charge in [0.15, 0.2) is 10.5 Å². The van der Waals surface area contributed by atoms with Crippen molar-refractivity contribution >= 4 is 29.7 Å². The monoisotopic (exact) mass is 334 g/mol. The number of rotatable bonds is 4. The lowest BCUT2D eigenvalue weighted by Gasteiger charge is -2.19. The highest BCUT2D eigenvalue weighted by Gasteiger charge is 2.22. The van der Waals surface area contributed by atoms with Gasteiger partial charge in [-0.25, -0.2) is 0 Å². The molecular formula is C15H15ClN4OS. The van der Waals surface area contributed by atoms with Crippen molar-refractivity contribution in [3.63, 3.8) is 0 Å². The van der Waals surface area contributed by atoms with E-state index in [-0.39, 0.29) is 17.4 Å². The summed E-state index contributed by atoms with van der Waals surface area (Å²) in [6, 6.07) is 7.50. The number of nitrogens with zero attached hydrogens (tertiary/aromatic N) is 2. The molecule has 0 radical (unpaired) electrons. The van der Waals surface area contributed by atoms with Crippen molar-refractivity contribution in [3.8, 4) is 6.07 Å². The van der Waals surface area contributed by atoms with E-state index in [1.54, 1.807) is 4.57 Å². The lowest BCUT2D eigenvalue weighted by atomic mass is 10.0. The number of carbonyl (C=O) groups excluding carboxylic acids is 1. The van der Waals surface area contributed by atoms with Crippen molar-refractivity contribution < 1.29 is 4.79 Å². The first-order valence-electron chi connectivity index (χ1n) is 6.71. The van der Waals surface area contributed by atoms with E-state index in [0.717, 1.165) is 11.1 Å². The molecule has 1 amide bonds. The average Bonchev–Trinajstić information content (AvgIpc) is 2.81. The Morgan fingerprint density at radius 1 is 1.59 bits per heavy atom. The van der Waals surface area contributed by atoms with Crippen LogP contribution in [0.15, 0.2) is 18.2 Å². The third kappa shape index (κ3) is 2.78. The molecule has 114 valence electrons. The van der Waals surface area contributed by atoms with Gasteiger partial charge in [-0.05, 0) is 42.8 Å². The summed E-state index contributed by atoms with van der Waals surface area (Å²) < 4.78 is 1.93. The van der Waals surface area contributed by atoms with E-state index in [1.807, 2.05) is 38.1 Å². The number of imidazole rings is 1. The van der Waals surface area contributed by atoms with Gasteiger partial charge in [0.25, 0.3) is 5.91 Å². The second-order valence-electron chi connectivity index (χ2n) is 4.93. The van der Waals surface area contributed by atoms with Gasteiger partial charge in [0.1, 0.15) is 11.8 Å². The maximum atomic E-state index is 11.5. The molecule has 0 aliphatic carbocycles. The molecule has 1 unspecified atom stereocenters. The molecule has 0 aliphatic rings. The lowest BCUT2D eigenvalue weighted by Crippen LogP contribution is -2.16. The summed E-state index contributed by atoms with van der Waals surface area (Å²) in [5.74, 6) is -0.705. The van der Waals surface area contributed by atoms with Crippen LogP contribution in [0.3, 0.4) is 0 Å². The molecule has 3 N–H and O–H groups in total. The van der Waals surface area contributed by atoms with E-state index in [2.05, 4.69) is 4.98 Å². The van der Waals surface area contributed by atoms with Crippen LogP contribution in [0.2, 0.25) is 5.02 Å². The second kappa shape index (κ2) is 6.34. The minimum atomic E-state index is -0.705. The highest BCUT2D eigenvalue weighted by molar-refractivity contribution is 7.71. The number of amides is 1. The Morgan fingerprint density at radius 3 is 2.77 bits per heavy atom. The molecule has 5 nitrogen and oxygen atoms in total. The molecule has 1 heterocycles. The van der Waals surface area contributed by atoms with Crippen molar-refractivity contribution in [2.45, 2.75) is 26.3 Å². The normalized spacial score (nSPS) is 11.9. The zero-order valence-corrected chi connectivity index (χ0v) is 13.8. The Hall–Kier alpha value is -2.10. The Balaban J connectivity index is 2.66. The Kier molecular flexibility index (Phi) is 4.69. The fraction of sp³-hybridized carbons (Fsp3) is 0.267.